The Kier molecular flexibility index (Phi) is 4.33. The van der Waals surface area contributed by atoms with Crippen molar-refractivity contribution in [3.8, 4) is 0 Å². The molecule has 1 unspecified atom stereocenters. The van der Waals surface area contributed by atoms with Crippen LogP contribution in [0.4, 0.5) is 0 Å². The largest absolute Gasteiger partial charge is 0.386 e. The van der Waals surface area contributed by atoms with Gasteiger partial charge in [-0.1, -0.05) is 18.2 Å². The Balaban J connectivity index is 4.09. The molecule has 0 aliphatic carbocycles. The van der Waals surface area contributed by atoms with Gasteiger partial charge in [-0.05, 0) is 27.2 Å². The number of rotatable bonds is 5. The van der Waals surface area contributed by atoms with Crippen LogP contribution < -0.4 is 0 Å². The van der Waals surface area contributed by atoms with Crippen molar-refractivity contribution in [2.75, 3.05) is 0 Å². The maximum Gasteiger partial charge on any atom is 0.116 e. The van der Waals surface area contributed by atoms with Gasteiger partial charge in [0, 0.05) is 0 Å². The average molecular weight is 186 g/mol. The molecule has 0 aromatic heterocycles. The molecule has 1 atom stereocenters. The molecule has 2 N–H and O–H groups in total. The minimum Gasteiger partial charge on any atom is -0.386 e. The van der Waals surface area contributed by atoms with Crippen LogP contribution >= 0.6 is 0 Å². The molecule has 76 valence electrons. The van der Waals surface area contributed by atoms with E-state index in [1.165, 1.54) is 6.08 Å². The summed E-state index contributed by atoms with van der Waals surface area (Å²) < 4.78 is 0. The molecule has 0 rings (SSSR count). The van der Waals surface area contributed by atoms with E-state index in [0.29, 0.717) is 6.42 Å². The van der Waals surface area contributed by atoms with Gasteiger partial charge in [0.05, 0.1) is 5.60 Å². The molecule has 3 nitrogen and oxygen atoms in total. The molecule has 0 aromatic rings. The second-order valence-corrected chi connectivity index (χ2v) is 3.86. The smallest absolute Gasteiger partial charge is 0.116 e. The van der Waals surface area contributed by atoms with Crippen molar-refractivity contribution in [2.45, 2.75) is 38.4 Å². The quantitative estimate of drug-likeness (QED) is 0.393. The van der Waals surface area contributed by atoms with Crippen LogP contribution in [0.5, 0.6) is 0 Å². The second kappa shape index (κ2) is 4.56. The van der Waals surface area contributed by atoms with Crippen molar-refractivity contribution in [3.63, 3.8) is 0 Å². The van der Waals surface area contributed by atoms with E-state index in [2.05, 4.69) is 11.5 Å². The normalized spacial score (nSPS) is 17.3. The second-order valence-electron chi connectivity index (χ2n) is 3.86. The van der Waals surface area contributed by atoms with Gasteiger partial charge in [-0.3, -0.25) is 5.26 Å². The van der Waals surface area contributed by atoms with Gasteiger partial charge >= 0.3 is 0 Å². The summed E-state index contributed by atoms with van der Waals surface area (Å²) in [5.41, 5.74) is -1.61. The minimum atomic E-state index is -0.901. The molecule has 0 aromatic carbocycles. The Hall–Kier alpha value is -0.640. The van der Waals surface area contributed by atoms with Crippen molar-refractivity contribution >= 4 is 0 Å². The van der Waals surface area contributed by atoms with Crippen molar-refractivity contribution < 1.29 is 15.3 Å². The fourth-order valence-electron chi connectivity index (χ4n) is 0.695. The van der Waals surface area contributed by atoms with E-state index < -0.39 is 11.2 Å². The summed E-state index contributed by atoms with van der Waals surface area (Å²) in [6.45, 7) is 8.60. The van der Waals surface area contributed by atoms with Crippen molar-refractivity contribution in [1.82, 2.24) is 0 Å². The monoisotopic (exact) mass is 186 g/mol. The first-order valence-electron chi connectivity index (χ1n) is 4.19. The van der Waals surface area contributed by atoms with E-state index in [9.17, 15) is 5.11 Å². The number of aliphatic hydroxyl groups is 1. The summed E-state index contributed by atoms with van der Waals surface area (Å²) in [6, 6.07) is 0. The SMILES string of the molecule is C=CC(C)(O)CC=CC(C)(C)OO. The zero-order valence-corrected chi connectivity index (χ0v) is 8.45. The summed E-state index contributed by atoms with van der Waals surface area (Å²) in [6.07, 6.45) is 5.36. The third-order valence-electron chi connectivity index (χ3n) is 1.73. The van der Waals surface area contributed by atoms with E-state index in [-0.39, 0.29) is 0 Å². The Labute approximate surface area is 79.3 Å². The zero-order valence-electron chi connectivity index (χ0n) is 8.45. The number of hydrogen-bond donors (Lipinski definition) is 2. The molecular weight excluding hydrogens is 168 g/mol. The fraction of sp³-hybridized carbons (Fsp3) is 0.600. The highest BCUT2D eigenvalue weighted by Gasteiger charge is 2.16. The minimum absolute atomic E-state index is 0.448. The van der Waals surface area contributed by atoms with Crippen LogP contribution in [0.2, 0.25) is 0 Å². The highest BCUT2D eigenvalue weighted by molar-refractivity contribution is 5.03. The Morgan fingerprint density at radius 2 is 1.92 bits per heavy atom. The summed E-state index contributed by atoms with van der Waals surface area (Å²) in [7, 11) is 0. The van der Waals surface area contributed by atoms with Crippen LogP contribution in [0.1, 0.15) is 27.2 Å². The summed E-state index contributed by atoms with van der Waals surface area (Å²) >= 11 is 0. The highest BCUT2D eigenvalue weighted by Crippen LogP contribution is 2.14. The first kappa shape index (κ1) is 12.4. The van der Waals surface area contributed by atoms with Gasteiger partial charge in [0.25, 0.3) is 0 Å². The van der Waals surface area contributed by atoms with Gasteiger partial charge < -0.3 is 5.11 Å². The van der Waals surface area contributed by atoms with E-state index in [4.69, 9.17) is 5.26 Å². The Morgan fingerprint density at radius 1 is 1.38 bits per heavy atom. The summed E-state index contributed by atoms with van der Waals surface area (Å²) in [4.78, 5) is 4.19. The average Bonchev–Trinajstić information content (AvgIpc) is 2.04. The van der Waals surface area contributed by atoms with Crippen LogP contribution in [0.3, 0.4) is 0 Å². The van der Waals surface area contributed by atoms with Gasteiger partial charge in [-0.15, -0.1) is 6.58 Å². The van der Waals surface area contributed by atoms with Gasteiger partial charge in [0.2, 0.25) is 0 Å². The van der Waals surface area contributed by atoms with Gasteiger partial charge in [-0.2, -0.15) is 0 Å². The van der Waals surface area contributed by atoms with Gasteiger partial charge in [0.15, 0.2) is 0 Å². The molecule has 0 aliphatic rings. The van der Waals surface area contributed by atoms with Crippen molar-refractivity contribution in [1.29, 1.82) is 0 Å². The standard InChI is InChI=1S/C10H18O3/c1-5-10(4,11)8-6-7-9(2,3)13-12/h5-7,11-12H,1,8H2,2-4H3. The lowest BCUT2D eigenvalue weighted by atomic mass is 10.0. The van der Waals surface area contributed by atoms with Crippen LogP contribution in [-0.4, -0.2) is 21.6 Å². The van der Waals surface area contributed by atoms with Crippen LogP contribution in [0.25, 0.3) is 0 Å². The predicted octanol–water partition coefficient (Wildman–Crippen LogP) is 2.14. The molecular formula is C10H18O3. The van der Waals surface area contributed by atoms with Gasteiger partial charge in [-0.25, -0.2) is 4.89 Å². The highest BCUT2D eigenvalue weighted by atomic mass is 17.1. The Bertz CT molecular complexity index is 192. The molecule has 3 heteroatoms. The Morgan fingerprint density at radius 3 is 2.31 bits per heavy atom. The van der Waals surface area contributed by atoms with Gasteiger partial charge in [0.1, 0.15) is 5.60 Å². The lowest BCUT2D eigenvalue weighted by Gasteiger charge is -2.18. The molecule has 0 aliphatic heterocycles. The number of hydrogen-bond acceptors (Lipinski definition) is 3. The third kappa shape index (κ3) is 5.58. The lowest BCUT2D eigenvalue weighted by Crippen LogP contribution is -2.21. The zero-order chi connectivity index (χ0) is 10.5. The van der Waals surface area contributed by atoms with E-state index in [1.807, 2.05) is 0 Å². The molecule has 13 heavy (non-hydrogen) atoms. The first-order chi connectivity index (χ1) is 5.83. The topological polar surface area (TPSA) is 49.7 Å². The molecule has 0 fully saturated rings. The maximum absolute atomic E-state index is 9.52. The molecule has 0 saturated heterocycles. The van der Waals surface area contributed by atoms with Crippen LogP contribution in [0.15, 0.2) is 24.8 Å². The van der Waals surface area contributed by atoms with E-state index in [0.717, 1.165) is 0 Å². The molecule has 0 spiro atoms. The molecule has 0 heterocycles. The van der Waals surface area contributed by atoms with Crippen LogP contribution in [-0.2, 0) is 4.89 Å². The van der Waals surface area contributed by atoms with E-state index >= 15 is 0 Å². The predicted molar refractivity (Wildman–Crippen MR) is 52.4 cm³/mol. The van der Waals surface area contributed by atoms with Crippen molar-refractivity contribution in [3.05, 3.63) is 24.8 Å². The molecule has 0 saturated carbocycles. The summed E-state index contributed by atoms with van der Waals surface area (Å²) in [5, 5.41) is 18.0. The molecule has 0 radical (unpaired) electrons. The molecule has 0 bridgehead atoms. The third-order valence-corrected chi connectivity index (χ3v) is 1.73. The maximum atomic E-state index is 9.52. The fourth-order valence-corrected chi connectivity index (χ4v) is 0.695. The van der Waals surface area contributed by atoms with E-state index in [1.54, 1.807) is 32.9 Å². The lowest BCUT2D eigenvalue weighted by molar-refractivity contribution is -0.297. The molecule has 0 amide bonds. The van der Waals surface area contributed by atoms with Crippen LogP contribution in [0, 0.1) is 0 Å². The first-order valence-corrected chi connectivity index (χ1v) is 4.19. The summed E-state index contributed by atoms with van der Waals surface area (Å²) in [5.74, 6) is 0. The van der Waals surface area contributed by atoms with Crippen molar-refractivity contribution in [2.24, 2.45) is 0 Å².